The van der Waals surface area contributed by atoms with E-state index < -0.39 is 15.8 Å². The van der Waals surface area contributed by atoms with Crippen molar-refractivity contribution in [2.75, 3.05) is 26.0 Å². The summed E-state index contributed by atoms with van der Waals surface area (Å²) in [6, 6.07) is 3.57. The molecule has 0 radical (unpaired) electrons. The normalized spacial score (nSPS) is 19.3. The predicted octanol–water partition coefficient (Wildman–Crippen LogP) is 1.40. The zero-order valence-corrected chi connectivity index (χ0v) is 14.2. The van der Waals surface area contributed by atoms with E-state index in [1.165, 1.54) is 16.4 Å². The maximum absolute atomic E-state index is 13.0. The first-order chi connectivity index (χ1) is 10.8. The molecule has 0 saturated carbocycles. The fourth-order valence-electron chi connectivity index (χ4n) is 2.35. The Morgan fingerprint density at radius 1 is 1.52 bits per heavy atom. The largest absolute Gasteiger partial charge is 0.484 e. The number of rotatable bonds is 5. The number of benzene rings is 1. The van der Waals surface area contributed by atoms with Crippen LogP contribution >= 0.6 is 11.6 Å². The molecule has 1 unspecified atom stereocenters. The first-order valence-corrected chi connectivity index (χ1v) is 9.30. The minimum atomic E-state index is -3.26. The van der Waals surface area contributed by atoms with E-state index in [0.717, 1.165) is 12.3 Å². The van der Waals surface area contributed by atoms with Gasteiger partial charge in [-0.2, -0.15) is 0 Å². The van der Waals surface area contributed by atoms with E-state index in [2.05, 4.69) is 5.32 Å². The fraction of sp³-hybridized carbons (Fsp3) is 0.500. The van der Waals surface area contributed by atoms with E-state index in [1.807, 2.05) is 0 Å². The second-order valence-electron chi connectivity index (χ2n) is 5.39. The van der Waals surface area contributed by atoms with Crippen molar-refractivity contribution in [3.05, 3.63) is 29.0 Å². The maximum Gasteiger partial charge on any atom is 0.258 e. The third kappa shape index (κ3) is 5.33. The molecule has 1 saturated heterocycles. The number of hydrogen-bond donors (Lipinski definition) is 1. The van der Waals surface area contributed by atoms with Gasteiger partial charge >= 0.3 is 0 Å². The Kier molecular flexibility index (Phi) is 5.83. The molecular formula is C14H18ClFN2O4S. The van der Waals surface area contributed by atoms with Gasteiger partial charge in [-0.1, -0.05) is 11.6 Å². The van der Waals surface area contributed by atoms with Crippen LogP contribution in [0.15, 0.2) is 18.2 Å². The number of piperidine rings is 1. The van der Waals surface area contributed by atoms with E-state index in [4.69, 9.17) is 16.3 Å². The topological polar surface area (TPSA) is 75.7 Å². The Bertz CT molecular complexity index is 683. The number of halogens is 2. The fourth-order valence-corrected chi connectivity index (χ4v) is 3.43. The first kappa shape index (κ1) is 18.0. The van der Waals surface area contributed by atoms with Crippen LogP contribution in [0.5, 0.6) is 5.75 Å². The Labute approximate surface area is 139 Å². The Balaban J connectivity index is 1.83. The van der Waals surface area contributed by atoms with Gasteiger partial charge in [-0.05, 0) is 25.0 Å². The summed E-state index contributed by atoms with van der Waals surface area (Å²) in [5.41, 5.74) is 0. The predicted molar refractivity (Wildman–Crippen MR) is 84.5 cm³/mol. The Morgan fingerprint density at radius 2 is 2.26 bits per heavy atom. The van der Waals surface area contributed by atoms with Gasteiger partial charge in [-0.25, -0.2) is 17.1 Å². The monoisotopic (exact) mass is 364 g/mol. The van der Waals surface area contributed by atoms with Crippen LogP contribution in [0.1, 0.15) is 12.8 Å². The summed E-state index contributed by atoms with van der Waals surface area (Å²) in [5, 5.41) is 2.66. The van der Waals surface area contributed by atoms with Gasteiger partial charge in [0, 0.05) is 25.2 Å². The summed E-state index contributed by atoms with van der Waals surface area (Å²) in [7, 11) is -3.26. The van der Waals surface area contributed by atoms with Gasteiger partial charge in [0.15, 0.2) is 6.61 Å². The molecule has 1 aromatic rings. The van der Waals surface area contributed by atoms with E-state index in [9.17, 15) is 17.6 Å². The molecule has 1 fully saturated rings. The summed E-state index contributed by atoms with van der Waals surface area (Å²) in [4.78, 5) is 11.9. The molecule has 1 aromatic carbocycles. The highest BCUT2D eigenvalue weighted by Gasteiger charge is 2.26. The standard InChI is InChI=1S/C14H18ClFN2O4S/c1-23(20,21)18-6-2-3-10(8-18)17-14(19)9-22-11-4-5-13(16)12(15)7-11/h4-5,7,10H,2-3,6,8-9H2,1H3,(H,17,19). The van der Waals surface area contributed by atoms with Crippen molar-refractivity contribution in [2.45, 2.75) is 18.9 Å². The highest BCUT2D eigenvalue weighted by Crippen LogP contribution is 2.21. The average molecular weight is 365 g/mol. The number of carbonyl (C=O) groups excluding carboxylic acids is 1. The maximum atomic E-state index is 13.0. The van der Waals surface area contributed by atoms with Gasteiger partial charge in [-0.15, -0.1) is 0 Å². The molecule has 0 spiro atoms. The Morgan fingerprint density at radius 3 is 2.91 bits per heavy atom. The molecule has 1 atom stereocenters. The smallest absolute Gasteiger partial charge is 0.258 e. The molecule has 1 amide bonds. The zero-order valence-electron chi connectivity index (χ0n) is 12.6. The van der Waals surface area contributed by atoms with Crippen LogP contribution in [-0.4, -0.2) is 50.6 Å². The molecule has 2 rings (SSSR count). The van der Waals surface area contributed by atoms with Crippen LogP contribution < -0.4 is 10.1 Å². The minimum absolute atomic E-state index is 0.0843. The summed E-state index contributed by atoms with van der Waals surface area (Å²) in [5.74, 6) is -0.648. The van der Waals surface area contributed by atoms with Gasteiger partial charge in [0.05, 0.1) is 11.3 Å². The first-order valence-electron chi connectivity index (χ1n) is 7.08. The minimum Gasteiger partial charge on any atom is -0.484 e. The summed E-state index contributed by atoms with van der Waals surface area (Å²) < 4.78 is 42.7. The average Bonchev–Trinajstić information content (AvgIpc) is 2.48. The summed E-state index contributed by atoms with van der Waals surface area (Å²) >= 11 is 5.63. The number of hydrogen-bond acceptors (Lipinski definition) is 4. The van der Waals surface area contributed by atoms with Crippen molar-refractivity contribution in [3.63, 3.8) is 0 Å². The number of sulfonamides is 1. The van der Waals surface area contributed by atoms with Gasteiger partial charge in [0.1, 0.15) is 11.6 Å². The molecule has 1 aliphatic rings. The summed E-state index contributed by atoms with van der Waals surface area (Å²) in [6.07, 6.45) is 2.55. The second kappa shape index (κ2) is 7.46. The van der Waals surface area contributed by atoms with Crippen molar-refractivity contribution >= 4 is 27.5 Å². The van der Waals surface area contributed by atoms with Crippen LogP contribution in [0, 0.1) is 5.82 Å². The van der Waals surface area contributed by atoms with Crippen molar-refractivity contribution in [1.82, 2.24) is 9.62 Å². The lowest BCUT2D eigenvalue weighted by molar-refractivity contribution is -0.124. The van der Waals surface area contributed by atoms with E-state index in [0.29, 0.717) is 19.4 Å². The zero-order chi connectivity index (χ0) is 17.0. The third-order valence-corrected chi connectivity index (χ3v) is 5.04. The number of nitrogens with one attached hydrogen (secondary N) is 1. The number of amides is 1. The molecule has 1 aliphatic heterocycles. The van der Waals surface area contributed by atoms with Crippen LogP contribution in [0.4, 0.5) is 4.39 Å². The molecule has 1 heterocycles. The number of ether oxygens (including phenoxy) is 1. The van der Waals surface area contributed by atoms with E-state index >= 15 is 0 Å². The molecule has 1 N–H and O–H groups in total. The lowest BCUT2D eigenvalue weighted by Gasteiger charge is -2.31. The number of nitrogens with zero attached hydrogens (tertiary/aromatic N) is 1. The number of carbonyl (C=O) groups is 1. The van der Waals surface area contributed by atoms with Gasteiger partial charge in [0.25, 0.3) is 5.91 Å². The van der Waals surface area contributed by atoms with Crippen molar-refractivity contribution in [3.8, 4) is 5.75 Å². The Hall–Kier alpha value is -1.38. The van der Waals surface area contributed by atoms with Gasteiger partial charge in [0.2, 0.25) is 10.0 Å². The highest BCUT2D eigenvalue weighted by atomic mass is 35.5. The third-order valence-electron chi connectivity index (χ3n) is 3.48. The van der Waals surface area contributed by atoms with Crippen LogP contribution in [-0.2, 0) is 14.8 Å². The van der Waals surface area contributed by atoms with Crippen LogP contribution in [0.3, 0.4) is 0 Å². The van der Waals surface area contributed by atoms with Crippen LogP contribution in [0.25, 0.3) is 0 Å². The molecule has 0 aromatic heterocycles. The lowest BCUT2D eigenvalue weighted by atomic mass is 10.1. The van der Waals surface area contributed by atoms with Crippen LogP contribution in [0.2, 0.25) is 5.02 Å². The SMILES string of the molecule is CS(=O)(=O)N1CCCC(NC(=O)COc2ccc(F)c(Cl)c2)C1. The molecule has 128 valence electrons. The summed E-state index contributed by atoms with van der Waals surface area (Å²) in [6.45, 7) is 0.472. The lowest BCUT2D eigenvalue weighted by Crippen LogP contribution is -2.50. The van der Waals surface area contributed by atoms with E-state index in [-0.39, 0.29) is 35.9 Å². The molecule has 23 heavy (non-hydrogen) atoms. The second-order valence-corrected chi connectivity index (χ2v) is 7.78. The van der Waals surface area contributed by atoms with Gasteiger partial charge < -0.3 is 10.1 Å². The molecule has 9 heteroatoms. The molecule has 0 aliphatic carbocycles. The van der Waals surface area contributed by atoms with Crippen molar-refractivity contribution in [1.29, 1.82) is 0 Å². The van der Waals surface area contributed by atoms with Crippen molar-refractivity contribution in [2.24, 2.45) is 0 Å². The molecular weight excluding hydrogens is 347 g/mol. The van der Waals surface area contributed by atoms with Gasteiger partial charge in [-0.3, -0.25) is 4.79 Å². The van der Waals surface area contributed by atoms with E-state index in [1.54, 1.807) is 0 Å². The molecule has 0 bridgehead atoms. The molecule has 6 nitrogen and oxygen atoms in total. The quantitative estimate of drug-likeness (QED) is 0.856. The van der Waals surface area contributed by atoms with Crippen molar-refractivity contribution < 1.29 is 22.3 Å². The highest BCUT2D eigenvalue weighted by molar-refractivity contribution is 7.88.